The van der Waals surface area contributed by atoms with E-state index in [-0.39, 0.29) is 25.0 Å². The van der Waals surface area contributed by atoms with Gasteiger partial charge in [-0.2, -0.15) is 0 Å². The Morgan fingerprint density at radius 2 is 1.97 bits per heavy atom. The van der Waals surface area contributed by atoms with Crippen LogP contribution >= 0.6 is 0 Å². The number of nitrogens with zero attached hydrogens (tertiary/aromatic N) is 2. The summed E-state index contributed by atoms with van der Waals surface area (Å²) in [5.74, 6) is -2.54. The number of morpholine rings is 1. The fraction of sp³-hybridized carbons (Fsp3) is 0.875. The molecule has 0 saturated carbocycles. The van der Waals surface area contributed by atoms with Gasteiger partial charge in [0.1, 0.15) is 17.6 Å². The molecule has 192 valence electrons. The number of aliphatic hydroxyl groups excluding tert-OH is 1. The van der Waals surface area contributed by atoms with Crippen molar-refractivity contribution in [2.75, 3.05) is 52.6 Å². The number of aliphatic hydroxyl groups is 1. The summed E-state index contributed by atoms with van der Waals surface area (Å²) in [5, 5.41) is 13.1. The van der Waals surface area contributed by atoms with Crippen molar-refractivity contribution in [1.29, 1.82) is 0 Å². The minimum Gasteiger partial charge on any atom is -0.466 e. The predicted molar refractivity (Wildman–Crippen MR) is 122 cm³/mol. The summed E-state index contributed by atoms with van der Waals surface area (Å²) < 4.78 is 17.4. The highest BCUT2D eigenvalue weighted by Crippen LogP contribution is 2.64. The van der Waals surface area contributed by atoms with Gasteiger partial charge in [-0.15, -0.1) is 0 Å². The third-order valence-corrected chi connectivity index (χ3v) is 8.31. The molecule has 4 heterocycles. The smallest absolute Gasteiger partial charge is 0.312 e. The van der Waals surface area contributed by atoms with Gasteiger partial charge < -0.3 is 29.5 Å². The number of esters is 1. The first kappa shape index (κ1) is 25.3. The van der Waals surface area contributed by atoms with Gasteiger partial charge in [0, 0.05) is 26.2 Å². The van der Waals surface area contributed by atoms with E-state index >= 15 is 0 Å². The fourth-order valence-corrected chi connectivity index (χ4v) is 6.61. The third-order valence-electron chi connectivity index (χ3n) is 8.31. The Morgan fingerprint density at radius 3 is 2.59 bits per heavy atom. The molecular formula is C24H39N3O7. The summed E-state index contributed by atoms with van der Waals surface area (Å²) in [4.78, 5) is 44.4. The van der Waals surface area contributed by atoms with E-state index in [0.29, 0.717) is 52.0 Å². The maximum atomic E-state index is 13.9. The number of fused-ring (bicyclic) bond motifs is 1. The Hall–Kier alpha value is -1.75. The molecule has 34 heavy (non-hydrogen) atoms. The minimum atomic E-state index is -1.09. The SMILES string of the molecule is CCOC(=O)[C@@H]1[C@H]2C(=O)N([C@@H](CC)CO)C(C(=O)NCCN3CCOCC3)C23CC[C@@]1(CC)O3. The molecule has 0 aromatic rings. The van der Waals surface area contributed by atoms with Crippen LogP contribution in [0.3, 0.4) is 0 Å². The first-order valence-corrected chi connectivity index (χ1v) is 12.8. The first-order chi connectivity index (χ1) is 16.4. The molecule has 10 heteroatoms. The number of hydrogen-bond donors (Lipinski definition) is 2. The van der Waals surface area contributed by atoms with Crippen LogP contribution in [-0.4, -0.2) is 109 Å². The topological polar surface area (TPSA) is 118 Å². The molecule has 0 aromatic carbocycles. The number of nitrogens with one attached hydrogen (secondary N) is 1. The van der Waals surface area contributed by atoms with E-state index < -0.39 is 41.1 Å². The van der Waals surface area contributed by atoms with Crippen LogP contribution in [0.5, 0.6) is 0 Å². The van der Waals surface area contributed by atoms with Crippen molar-refractivity contribution in [3.05, 3.63) is 0 Å². The average molecular weight is 482 g/mol. The summed E-state index contributed by atoms with van der Waals surface area (Å²) >= 11 is 0. The van der Waals surface area contributed by atoms with Crippen molar-refractivity contribution < 1.29 is 33.7 Å². The van der Waals surface area contributed by atoms with E-state index in [1.54, 1.807) is 6.92 Å². The Kier molecular flexibility index (Phi) is 7.52. The molecule has 0 aromatic heterocycles. The van der Waals surface area contributed by atoms with E-state index in [1.165, 1.54) is 4.90 Å². The van der Waals surface area contributed by atoms with Crippen LogP contribution in [0, 0.1) is 11.8 Å². The highest BCUT2D eigenvalue weighted by molar-refractivity contribution is 5.98. The van der Waals surface area contributed by atoms with E-state index in [9.17, 15) is 19.5 Å². The zero-order valence-corrected chi connectivity index (χ0v) is 20.6. The maximum Gasteiger partial charge on any atom is 0.312 e. The molecule has 6 atom stereocenters. The van der Waals surface area contributed by atoms with Gasteiger partial charge in [-0.25, -0.2) is 0 Å². The third kappa shape index (κ3) is 3.92. The van der Waals surface area contributed by atoms with Crippen LogP contribution in [0.1, 0.15) is 46.5 Å². The predicted octanol–water partition coefficient (Wildman–Crippen LogP) is -0.0764. The Morgan fingerprint density at radius 1 is 1.24 bits per heavy atom. The molecule has 2 unspecified atom stereocenters. The molecule has 4 aliphatic heterocycles. The molecule has 4 rings (SSSR count). The lowest BCUT2D eigenvalue weighted by molar-refractivity contribution is -0.161. The van der Waals surface area contributed by atoms with Crippen LogP contribution in [0.25, 0.3) is 0 Å². The summed E-state index contributed by atoms with van der Waals surface area (Å²) in [6, 6.07) is -1.41. The van der Waals surface area contributed by atoms with Crippen molar-refractivity contribution in [3.63, 3.8) is 0 Å². The fourth-order valence-electron chi connectivity index (χ4n) is 6.61. The number of amides is 2. The number of likely N-dealkylation sites (tertiary alicyclic amines) is 1. The van der Waals surface area contributed by atoms with E-state index in [4.69, 9.17) is 14.2 Å². The quantitative estimate of drug-likeness (QED) is 0.416. The standard InChI is InChI=1S/C24H39N3O7/c1-4-16(15-28)27-19(20(29)25-9-10-26-11-13-32-14-12-26)24-8-7-23(5-2,34-24)18(17(24)21(27)30)22(31)33-6-3/h16-19,28H,4-15H2,1-3H3,(H,25,29)/t16-,17-,18-,19?,23+,24?/m0/s1. The Bertz CT molecular complexity index is 785. The molecule has 1 spiro atoms. The molecule has 2 N–H and O–H groups in total. The largest absolute Gasteiger partial charge is 0.466 e. The molecular weight excluding hydrogens is 442 g/mol. The first-order valence-electron chi connectivity index (χ1n) is 12.8. The number of ether oxygens (including phenoxy) is 3. The Balaban J connectivity index is 1.62. The molecule has 4 fully saturated rings. The van der Waals surface area contributed by atoms with Gasteiger partial charge in [0.25, 0.3) is 0 Å². The van der Waals surface area contributed by atoms with E-state index in [2.05, 4.69) is 10.2 Å². The van der Waals surface area contributed by atoms with Gasteiger partial charge in [0.2, 0.25) is 11.8 Å². The average Bonchev–Trinajstić information content (AvgIpc) is 3.45. The highest BCUT2D eigenvalue weighted by Gasteiger charge is 2.79. The molecule has 0 radical (unpaired) electrons. The highest BCUT2D eigenvalue weighted by atomic mass is 16.6. The van der Waals surface area contributed by atoms with Gasteiger partial charge in [-0.3, -0.25) is 19.3 Å². The van der Waals surface area contributed by atoms with E-state index in [0.717, 1.165) is 13.1 Å². The number of hydrogen-bond acceptors (Lipinski definition) is 8. The van der Waals surface area contributed by atoms with Crippen LogP contribution in [0.4, 0.5) is 0 Å². The van der Waals surface area contributed by atoms with Crippen molar-refractivity contribution in [1.82, 2.24) is 15.1 Å². The van der Waals surface area contributed by atoms with Gasteiger partial charge in [-0.1, -0.05) is 13.8 Å². The van der Waals surface area contributed by atoms with Crippen LogP contribution in [-0.2, 0) is 28.6 Å². The molecule has 2 amide bonds. The summed E-state index contributed by atoms with van der Waals surface area (Å²) in [7, 11) is 0. The van der Waals surface area contributed by atoms with Gasteiger partial charge in [0.05, 0.1) is 44.0 Å². The second-order valence-corrected chi connectivity index (χ2v) is 9.82. The maximum absolute atomic E-state index is 13.9. The minimum absolute atomic E-state index is 0.215. The Labute approximate surface area is 201 Å². The van der Waals surface area contributed by atoms with E-state index in [1.807, 2.05) is 13.8 Å². The van der Waals surface area contributed by atoms with Crippen LogP contribution in [0.2, 0.25) is 0 Å². The van der Waals surface area contributed by atoms with Gasteiger partial charge in [0.15, 0.2) is 0 Å². The number of carbonyl (C=O) groups is 3. The second-order valence-electron chi connectivity index (χ2n) is 9.82. The monoisotopic (exact) mass is 481 g/mol. The molecule has 2 bridgehead atoms. The lowest BCUT2D eigenvalue weighted by atomic mass is 9.65. The van der Waals surface area contributed by atoms with Crippen LogP contribution < -0.4 is 5.32 Å². The number of carbonyl (C=O) groups excluding carboxylic acids is 3. The van der Waals surface area contributed by atoms with Gasteiger partial charge in [-0.05, 0) is 32.6 Å². The van der Waals surface area contributed by atoms with Crippen LogP contribution in [0.15, 0.2) is 0 Å². The lowest BCUT2D eigenvalue weighted by Crippen LogP contribution is -2.58. The van der Waals surface area contributed by atoms with Crippen molar-refractivity contribution >= 4 is 17.8 Å². The van der Waals surface area contributed by atoms with Crippen molar-refractivity contribution in [2.24, 2.45) is 11.8 Å². The molecule has 4 aliphatic rings. The van der Waals surface area contributed by atoms with Gasteiger partial charge >= 0.3 is 5.97 Å². The van der Waals surface area contributed by atoms with Crippen molar-refractivity contribution in [3.8, 4) is 0 Å². The molecule has 0 aliphatic carbocycles. The normalized spacial score (nSPS) is 35.9. The molecule has 4 saturated heterocycles. The summed E-state index contributed by atoms with van der Waals surface area (Å²) in [5.41, 5.74) is -1.89. The number of rotatable bonds is 10. The lowest BCUT2D eigenvalue weighted by Gasteiger charge is -2.37. The zero-order valence-electron chi connectivity index (χ0n) is 20.6. The zero-order chi connectivity index (χ0) is 24.5. The second kappa shape index (κ2) is 10.1. The summed E-state index contributed by atoms with van der Waals surface area (Å²) in [6.07, 6.45) is 2.17. The summed E-state index contributed by atoms with van der Waals surface area (Å²) in [6.45, 7) is 9.66. The van der Waals surface area contributed by atoms with Crippen molar-refractivity contribution in [2.45, 2.75) is 69.7 Å². The molecule has 10 nitrogen and oxygen atoms in total.